The van der Waals surface area contributed by atoms with Crippen molar-refractivity contribution >= 4 is 17.5 Å². The molecule has 0 heterocycles. The monoisotopic (exact) mass is 329 g/mol. The molecule has 0 unspecified atom stereocenters. The summed E-state index contributed by atoms with van der Waals surface area (Å²) in [6.07, 6.45) is 2.62. The Morgan fingerprint density at radius 1 is 1.13 bits per heavy atom. The molecule has 2 aromatic rings. The third-order valence-corrected chi connectivity index (χ3v) is 4.69. The maximum Gasteiger partial charge on any atom is 0.230 e. The van der Waals surface area contributed by atoms with Gasteiger partial charge in [-0.25, -0.2) is 0 Å². The van der Waals surface area contributed by atoms with Crippen LogP contribution in [-0.2, 0) is 16.6 Å². The summed E-state index contributed by atoms with van der Waals surface area (Å²) in [7, 11) is 1.64. The maximum atomic E-state index is 12.6. The normalized spacial score (nSPS) is 15.0. The van der Waals surface area contributed by atoms with Crippen molar-refractivity contribution in [3.8, 4) is 5.75 Å². The van der Waals surface area contributed by atoms with E-state index in [9.17, 15) is 4.79 Å². The summed E-state index contributed by atoms with van der Waals surface area (Å²) >= 11 is 5.88. The quantitative estimate of drug-likeness (QED) is 0.876. The molecule has 2 aromatic carbocycles. The van der Waals surface area contributed by atoms with Crippen LogP contribution in [0.1, 0.15) is 24.0 Å². The largest absolute Gasteiger partial charge is 0.497 e. The Morgan fingerprint density at radius 3 is 2.35 bits per heavy atom. The van der Waals surface area contributed by atoms with E-state index in [0.717, 1.165) is 35.6 Å². The molecule has 1 aliphatic rings. The zero-order valence-corrected chi connectivity index (χ0v) is 13.9. The minimum Gasteiger partial charge on any atom is -0.497 e. The summed E-state index contributed by atoms with van der Waals surface area (Å²) in [5.74, 6) is 0.935. The number of benzene rings is 2. The molecule has 0 radical (unpaired) electrons. The molecule has 1 N–H and O–H groups in total. The molecule has 3 nitrogen and oxygen atoms in total. The number of rotatable bonds is 6. The Morgan fingerprint density at radius 2 is 1.78 bits per heavy atom. The minimum absolute atomic E-state index is 0.122. The van der Waals surface area contributed by atoms with Gasteiger partial charge in [-0.15, -0.1) is 0 Å². The van der Waals surface area contributed by atoms with Crippen LogP contribution in [0.25, 0.3) is 0 Å². The number of methoxy groups -OCH3 is 1. The zero-order valence-electron chi connectivity index (χ0n) is 13.1. The zero-order chi connectivity index (χ0) is 16.3. The summed E-state index contributed by atoms with van der Waals surface area (Å²) in [6.45, 7) is 0.637. The van der Waals surface area contributed by atoms with Crippen LogP contribution in [-0.4, -0.2) is 19.6 Å². The van der Waals surface area contributed by atoms with Gasteiger partial charge < -0.3 is 10.1 Å². The average molecular weight is 330 g/mol. The highest BCUT2D eigenvalue weighted by Crippen LogP contribution is 2.48. The predicted molar refractivity (Wildman–Crippen MR) is 92.1 cm³/mol. The van der Waals surface area contributed by atoms with E-state index >= 15 is 0 Å². The second kappa shape index (κ2) is 6.63. The van der Waals surface area contributed by atoms with Crippen molar-refractivity contribution in [2.75, 3.05) is 13.7 Å². The Balaban J connectivity index is 1.57. The molecule has 0 aliphatic heterocycles. The number of hydrogen-bond donors (Lipinski definition) is 1. The molecule has 1 amide bonds. The van der Waals surface area contributed by atoms with Gasteiger partial charge in [0.05, 0.1) is 12.5 Å². The lowest BCUT2D eigenvalue weighted by Crippen LogP contribution is -2.35. The minimum atomic E-state index is -0.341. The molecular formula is C19H20ClNO2. The highest BCUT2D eigenvalue weighted by molar-refractivity contribution is 6.30. The van der Waals surface area contributed by atoms with Crippen LogP contribution in [0, 0.1) is 0 Å². The van der Waals surface area contributed by atoms with Gasteiger partial charge in [-0.3, -0.25) is 4.79 Å². The molecule has 4 heteroatoms. The van der Waals surface area contributed by atoms with E-state index in [4.69, 9.17) is 16.3 Å². The van der Waals surface area contributed by atoms with Gasteiger partial charge in [0.1, 0.15) is 5.75 Å². The van der Waals surface area contributed by atoms with E-state index in [2.05, 4.69) is 5.32 Å². The summed E-state index contributed by atoms with van der Waals surface area (Å²) < 4.78 is 5.18. The Bertz CT molecular complexity index is 676. The number of ether oxygens (including phenoxy) is 1. The molecule has 120 valence electrons. The molecule has 0 saturated heterocycles. The first-order valence-electron chi connectivity index (χ1n) is 7.81. The first-order chi connectivity index (χ1) is 11.1. The number of amides is 1. The predicted octanol–water partition coefficient (Wildman–Crippen LogP) is 3.74. The Kier molecular flexibility index (Phi) is 4.58. The smallest absolute Gasteiger partial charge is 0.230 e. The van der Waals surface area contributed by atoms with Crippen LogP contribution in [0.15, 0.2) is 48.5 Å². The fourth-order valence-electron chi connectivity index (χ4n) is 2.82. The summed E-state index contributed by atoms with van der Waals surface area (Å²) in [6, 6.07) is 15.5. The molecule has 1 saturated carbocycles. The van der Waals surface area contributed by atoms with Crippen LogP contribution in [0.4, 0.5) is 0 Å². The number of hydrogen-bond acceptors (Lipinski definition) is 2. The van der Waals surface area contributed by atoms with Gasteiger partial charge in [0.2, 0.25) is 5.91 Å². The van der Waals surface area contributed by atoms with Crippen molar-refractivity contribution in [1.29, 1.82) is 0 Å². The maximum absolute atomic E-state index is 12.6. The summed E-state index contributed by atoms with van der Waals surface area (Å²) in [5.41, 5.74) is 1.90. The van der Waals surface area contributed by atoms with Crippen molar-refractivity contribution in [1.82, 2.24) is 5.32 Å². The number of carbonyl (C=O) groups is 1. The summed E-state index contributed by atoms with van der Waals surface area (Å²) in [4.78, 5) is 12.6. The van der Waals surface area contributed by atoms with Crippen molar-refractivity contribution < 1.29 is 9.53 Å². The Labute approximate surface area is 141 Å². The van der Waals surface area contributed by atoms with Gasteiger partial charge in [0.25, 0.3) is 0 Å². The molecule has 0 aromatic heterocycles. The topological polar surface area (TPSA) is 38.3 Å². The summed E-state index contributed by atoms with van der Waals surface area (Å²) in [5, 5.41) is 3.80. The third kappa shape index (κ3) is 3.50. The van der Waals surface area contributed by atoms with Crippen molar-refractivity contribution in [3.05, 3.63) is 64.7 Å². The van der Waals surface area contributed by atoms with Crippen molar-refractivity contribution in [2.24, 2.45) is 0 Å². The average Bonchev–Trinajstić information content (AvgIpc) is 3.38. The highest BCUT2D eigenvalue weighted by atomic mass is 35.5. The van der Waals surface area contributed by atoms with Gasteiger partial charge in [-0.2, -0.15) is 0 Å². The lowest BCUT2D eigenvalue weighted by atomic mass is 9.95. The SMILES string of the molecule is COc1ccc(C2(C(=O)NCCc3ccc(Cl)cc3)CC2)cc1. The molecule has 1 aliphatic carbocycles. The number of nitrogens with one attached hydrogen (secondary N) is 1. The highest BCUT2D eigenvalue weighted by Gasteiger charge is 2.50. The lowest BCUT2D eigenvalue weighted by Gasteiger charge is -2.16. The Hall–Kier alpha value is -2.00. The van der Waals surface area contributed by atoms with E-state index in [-0.39, 0.29) is 11.3 Å². The van der Waals surface area contributed by atoms with E-state index in [0.29, 0.717) is 6.54 Å². The molecular weight excluding hydrogens is 310 g/mol. The molecule has 1 fully saturated rings. The second-order valence-electron chi connectivity index (χ2n) is 5.94. The fraction of sp³-hybridized carbons (Fsp3) is 0.316. The van der Waals surface area contributed by atoms with Crippen LogP contribution in [0.5, 0.6) is 5.75 Å². The van der Waals surface area contributed by atoms with E-state index in [1.807, 2.05) is 48.5 Å². The molecule has 0 bridgehead atoms. The van der Waals surface area contributed by atoms with Gasteiger partial charge in [-0.05, 0) is 54.7 Å². The van der Waals surface area contributed by atoms with Crippen molar-refractivity contribution in [2.45, 2.75) is 24.7 Å². The second-order valence-corrected chi connectivity index (χ2v) is 6.38. The molecule has 23 heavy (non-hydrogen) atoms. The van der Waals surface area contributed by atoms with Gasteiger partial charge >= 0.3 is 0 Å². The van der Waals surface area contributed by atoms with Crippen molar-refractivity contribution in [3.63, 3.8) is 0 Å². The molecule has 0 spiro atoms. The van der Waals surface area contributed by atoms with E-state index in [1.54, 1.807) is 7.11 Å². The lowest BCUT2D eigenvalue weighted by molar-refractivity contribution is -0.123. The number of halogens is 1. The van der Waals surface area contributed by atoms with E-state index in [1.165, 1.54) is 5.56 Å². The van der Waals surface area contributed by atoms with Crippen LogP contribution >= 0.6 is 11.6 Å². The van der Waals surface area contributed by atoms with Gasteiger partial charge in [-0.1, -0.05) is 35.9 Å². The first kappa shape index (κ1) is 15.9. The van der Waals surface area contributed by atoms with Crippen LogP contribution in [0.2, 0.25) is 5.02 Å². The standard InChI is InChI=1S/C19H20ClNO2/c1-23-17-8-4-15(5-9-17)19(11-12-19)18(22)21-13-10-14-2-6-16(20)7-3-14/h2-9H,10-13H2,1H3,(H,21,22). The number of carbonyl (C=O) groups excluding carboxylic acids is 1. The fourth-order valence-corrected chi connectivity index (χ4v) is 2.95. The van der Waals surface area contributed by atoms with Crippen LogP contribution in [0.3, 0.4) is 0 Å². The van der Waals surface area contributed by atoms with Crippen LogP contribution < -0.4 is 10.1 Å². The van der Waals surface area contributed by atoms with Gasteiger partial charge in [0.15, 0.2) is 0 Å². The van der Waals surface area contributed by atoms with E-state index < -0.39 is 0 Å². The molecule has 3 rings (SSSR count). The van der Waals surface area contributed by atoms with Gasteiger partial charge in [0, 0.05) is 11.6 Å². The first-order valence-corrected chi connectivity index (χ1v) is 8.19. The third-order valence-electron chi connectivity index (χ3n) is 4.44. The molecule has 0 atom stereocenters.